The summed E-state index contributed by atoms with van der Waals surface area (Å²) >= 11 is 5.25. The van der Waals surface area contributed by atoms with Crippen LogP contribution in [0.5, 0.6) is 0 Å². The van der Waals surface area contributed by atoms with Gasteiger partial charge in [-0.2, -0.15) is 0 Å². The van der Waals surface area contributed by atoms with E-state index in [0.29, 0.717) is 12.5 Å². The molecule has 0 aromatic rings. The molecule has 4 nitrogen and oxygen atoms in total. The van der Waals surface area contributed by atoms with Gasteiger partial charge in [0.2, 0.25) is 0 Å². The van der Waals surface area contributed by atoms with Gasteiger partial charge in [0.25, 0.3) is 0 Å². The second kappa shape index (κ2) is 5.46. The summed E-state index contributed by atoms with van der Waals surface area (Å²) in [4.78, 5) is 10.1. The number of hydrogen-bond donors (Lipinski definition) is 2. The van der Waals surface area contributed by atoms with Crippen LogP contribution in [0.15, 0.2) is 0 Å². The van der Waals surface area contributed by atoms with Crippen LogP contribution in [0.25, 0.3) is 0 Å². The van der Waals surface area contributed by atoms with Crippen molar-refractivity contribution in [3.8, 4) is 0 Å². The van der Waals surface area contributed by atoms with Crippen LogP contribution in [0.4, 0.5) is 0 Å². The molecular formula is C5H10ClNO3. The summed E-state index contributed by atoms with van der Waals surface area (Å²) in [5, 5.41) is 8.24. The summed E-state index contributed by atoms with van der Waals surface area (Å²) in [5.74, 6) is -0.707. The standard InChI is InChI=1S/C5H10ClNO3/c6-1-2-10-3-4(7)5(8)9/h4H,1-3,7H2,(H,8,9). The zero-order valence-electron chi connectivity index (χ0n) is 5.42. The van der Waals surface area contributed by atoms with E-state index in [1.165, 1.54) is 0 Å². The highest BCUT2D eigenvalue weighted by Crippen LogP contribution is 1.83. The molecular weight excluding hydrogens is 158 g/mol. The Kier molecular flexibility index (Phi) is 5.29. The molecule has 0 spiro atoms. The molecule has 0 radical (unpaired) electrons. The van der Waals surface area contributed by atoms with E-state index in [1.807, 2.05) is 0 Å². The fourth-order valence-corrected chi connectivity index (χ4v) is 0.445. The first-order valence-corrected chi connectivity index (χ1v) is 3.34. The number of alkyl halides is 1. The molecule has 0 saturated carbocycles. The van der Waals surface area contributed by atoms with E-state index < -0.39 is 12.0 Å². The van der Waals surface area contributed by atoms with Crippen molar-refractivity contribution in [2.75, 3.05) is 19.1 Å². The van der Waals surface area contributed by atoms with Gasteiger partial charge in [-0.1, -0.05) is 0 Å². The summed E-state index contributed by atoms with van der Waals surface area (Å²) in [5.41, 5.74) is 5.09. The van der Waals surface area contributed by atoms with Crippen LogP contribution in [0, 0.1) is 0 Å². The quantitative estimate of drug-likeness (QED) is 0.434. The molecule has 0 amide bonds. The number of hydrogen-bond acceptors (Lipinski definition) is 3. The van der Waals surface area contributed by atoms with Gasteiger partial charge in [0.15, 0.2) is 0 Å². The Hall–Kier alpha value is -0.320. The van der Waals surface area contributed by atoms with Gasteiger partial charge in [-0.25, -0.2) is 0 Å². The van der Waals surface area contributed by atoms with Gasteiger partial charge >= 0.3 is 5.97 Å². The van der Waals surface area contributed by atoms with E-state index in [9.17, 15) is 4.79 Å². The van der Waals surface area contributed by atoms with E-state index in [4.69, 9.17) is 27.2 Å². The van der Waals surface area contributed by atoms with Crippen LogP contribution >= 0.6 is 11.6 Å². The first-order chi connectivity index (χ1) is 4.68. The minimum Gasteiger partial charge on any atom is -0.480 e. The number of ether oxygens (including phenoxy) is 1. The van der Waals surface area contributed by atoms with Crippen molar-refractivity contribution in [3.63, 3.8) is 0 Å². The van der Waals surface area contributed by atoms with Crippen LogP contribution in [0.3, 0.4) is 0 Å². The molecule has 0 bridgehead atoms. The number of carbonyl (C=O) groups is 1. The Morgan fingerprint density at radius 1 is 1.80 bits per heavy atom. The van der Waals surface area contributed by atoms with Gasteiger partial charge in [-0.15, -0.1) is 11.6 Å². The second-order valence-corrected chi connectivity index (χ2v) is 2.09. The van der Waals surface area contributed by atoms with Crippen molar-refractivity contribution in [1.82, 2.24) is 0 Å². The van der Waals surface area contributed by atoms with Crippen LogP contribution in [-0.2, 0) is 9.53 Å². The third-order valence-electron chi connectivity index (χ3n) is 0.836. The molecule has 1 atom stereocenters. The molecule has 0 aromatic heterocycles. The lowest BCUT2D eigenvalue weighted by Gasteiger charge is -2.04. The van der Waals surface area contributed by atoms with Crippen molar-refractivity contribution in [3.05, 3.63) is 0 Å². The maximum absolute atomic E-state index is 10.1. The number of carboxylic acid groups (broad SMARTS) is 1. The molecule has 0 aromatic carbocycles. The number of nitrogens with two attached hydrogens (primary N) is 1. The van der Waals surface area contributed by atoms with E-state index in [-0.39, 0.29) is 6.61 Å². The maximum Gasteiger partial charge on any atom is 0.322 e. The van der Waals surface area contributed by atoms with Crippen LogP contribution in [0.1, 0.15) is 0 Å². The average Bonchev–Trinajstić information content (AvgIpc) is 1.88. The van der Waals surface area contributed by atoms with Crippen molar-refractivity contribution < 1.29 is 14.6 Å². The van der Waals surface area contributed by atoms with Crippen LogP contribution < -0.4 is 5.73 Å². The molecule has 1 unspecified atom stereocenters. The highest BCUT2D eigenvalue weighted by Gasteiger charge is 2.09. The van der Waals surface area contributed by atoms with Crippen molar-refractivity contribution in [2.45, 2.75) is 6.04 Å². The summed E-state index contributed by atoms with van der Waals surface area (Å²) in [6.45, 7) is 0.352. The van der Waals surface area contributed by atoms with Crippen molar-refractivity contribution in [1.29, 1.82) is 0 Å². The lowest BCUT2D eigenvalue weighted by Crippen LogP contribution is -2.35. The van der Waals surface area contributed by atoms with Gasteiger partial charge in [0.05, 0.1) is 13.2 Å². The third-order valence-corrected chi connectivity index (χ3v) is 0.990. The lowest BCUT2D eigenvalue weighted by molar-refractivity contribution is -0.139. The fourth-order valence-electron chi connectivity index (χ4n) is 0.336. The van der Waals surface area contributed by atoms with E-state index >= 15 is 0 Å². The summed E-state index contributed by atoms with van der Waals surface area (Å²) < 4.78 is 4.77. The molecule has 0 aliphatic carbocycles. The summed E-state index contributed by atoms with van der Waals surface area (Å²) in [6.07, 6.45) is 0. The predicted molar refractivity (Wildman–Crippen MR) is 37.2 cm³/mol. The van der Waals surface area contributed by atoms with Crippen LogP contribution in [-0.4, -0.2) is 36.2 Å². The highest BCUT2D eigenvalue weighted by molar-refractivity contribution is 6.17. The smallest absolute Gasteiger partial charge is 0.322 e. The Labute approximate surface area is 63.9 Å². The lowest BCUT2D eigenvalue weighted by atomic mass is 10.3. The zero-order chi connectivity index (χ0) is 7.98. The normalized spacial score (nSPS) is 13.0. The van der Waals surface area contributed by atoms with E-state index in [1.54, 1.807) is 0 Å². The monoisotopic (exact) mass is 167 g/mol. The van der Waals surface area contributed by atoms with E-state index in [2.05, 4.69) is 0 Å². The first kappa shape index (κ1) is 9.68. The average molecular weight is 168 g/mol. The van der Waals surface area contributed by atoms with Gasteiger partial charge in [-0.3, -0.25) is 4.79 Å². The molecule has 0 aliphatic rings. The molecule has 3 N–H and O–H groups in total. The Bertz CT molecular complexity index is 109. The minimum atomic E-state index is -1.06. The van der Waals surface area contributed by atoms with Gasteiger partial charge in [0, 0.05) is 5.88 Å². The third kappa shape index (κ3) is 4.55. The second-order valence-electron chi connectivity index (χ2n) is 1.71. The van der Waals surface area contributed by atoms with Gasteiger partial charge in [-0.05, 0) is 0 Å². The maximum atomic E-state index is 10.1. The molecule has 0 heterocycles. The van der Waals surface area contributed by atoms with Crippen molar-refractivity contribution in [2.24, 2.45) is 5.73 Å². The summed E-state index contributed by atoms with van der Waals surface area (Å²) in [7, 11) is 0. The van der Waals surface area contributed by atoms with Gasteiger partial charge < -0.3 is 15.6 Å². The number of rotatable bonds is 5. The number of carboxylic acids is 1. The highest BCUT2D eigenvalue weighted by atomic mass is 35.5. The summed E-state index contributed by atoms with van der Waals surface area (Å²) in [6, 6.07) is -0.941. The molecule has 60 valence electrons. The van der Waals surface area contributed by atoms with Gasteiger partial charge in [0.1, 0.15) is 6.04 Å². The molecule has 0 rings (SSSR count). The molecule has 0 aliphatic heterocycles. The zero-order valence-corrected chi connectivity index (χ0v) is 6.17. The fraction of sp³-hybridized carbons (Fsp3) is 0.800. The number of halogens is 1. The SMILES string of the molecule is NC(COCCCl)C(=O)O. The minimum absolute atomic E-state index is 0.0159. The predicted octanol–water partition coefficient (Wildman–Crippen LogP) is -0.346. The Morgan fingerprint density at radius 2 is 2.40 bits per heavy atom. The largest absolute Gasteiger partial charge is 0.480 e. The Morgan fingerprint density at radius 3 is 2.80 bits per heavy atom. The topological polar surface area (TPSA) is 72.5 Å². The molecule has 10 heavy (non-hydrogen) atoms. The molecule has 0 fully saturated rings. The molecule has 5 heteroatoms. The first-order valence-electron chi connectivity index (χ1n) is 2.80. The number of aliphatic carboxylic acids is 1. The van der Waals surface area contributed by atoms with E-state index in [0.717, 1.165) is 0 Å². The Balaban J connectivity index is 3.21. The van der Waals surface area contributed by atoms with Crippen molar-refractivity contribution >= 4 is 17.6 Å². The molecule has 0 saturated heterocycles. The van der Waals surface area contributed by atoms with Crippen LogP contribution in [0.2, 0.25) is 0 Å².